The van der Waals surface area contributed by atoms with Gasteiger partial charge in [0.15, 0.2) is 29.4 Å². The molecule has 0 spiro atoms. The van der Waals surface area contributed by atoms with Crippen molar-refractivity contribution in [2.24, 2.45) is 34.5 Å². The second-order valence-electron chi connectivity index (χ2n) is 22.5. The molecule has 8 aliphatic carbocycles. The molecule has 8 fully saturated rings. The summed E-state index contributed by atoms with van der Waals surface area (Å²) in [6.45, 7) is -0.287. The number of hydrogen-bond donors (Lipinski definition) is 2. The Morgan fingerprint density at radius 3 is 0.885 bits per heavy atom. The van der Waals surface area contributed by atoms with Crippen molar-refractivity contribution >= 4 is 73.3 Å². The minimum atomic E-state index is -4.01. The molecule has 0 aliphatic heterocycles. The summed E-state index contributed by atoms with van der Waals surface area (Å²) < 4.78 is 69.9. The van der Waals surface area contributed by atoms with E-state index >= 15 is 0 Å². The zero-order chi connectivity index (χ0) is 59.9. The fraction of sp³-hybridized carbons (Fsp3) is 0.397. The van der Waals surface area contributed by atoms with E-state index in [2.05, 4.69) is 216 Å². The molecule has 8 saturated carbocycles. The number of benzene rings is 6. The first-order valence-electron chi connectivity index (χ1n) is 27.4. The standard InChI is InChI=1S/2C18H15S.2C13H18F2O6S.CH4.B2.ClH.Na/c2*1-4-10-16(11-5-1)19(17-12-6-2-7-13-17)18-14-8-3-9-15-18;2*14-13(15,22-21-20-18)10(16)19-7-11-2-8-1-9(3-11)5-12(17,4-8)6-11;;1-2;;/h2*1-15H;2*8-9,17-18H,1-7H2;1H4;;1H;/q2*+1;;;;;;+1/p-3. The van der Waals surface area contributed by atoms with Gasteiger partial charge in [0.05, 0.1) is 46.2 Å². The average Bonchev–Trinajstić information content (AvgIpc) is 0.840. The molecule has 2 N–H and O–H groups in total. The maximum Gasteiger partial charge on any atom is 1.00 e. The van der Waals surface area contributed by atoms with Gasteiger partial charge >= 0.3 is 52.0 Å². The first kappa shape index (κ1) is 74.2. The molecule has 458 valence electrons. The summed E-state index contributed by atoms with van der Waals surface area (Å²) in [5, 5.41) is 37.8. The molecule has 0 amide bonds. The first-order chi connectivity index (χ1) is 40.4. The fourth-order valence-corrected chi connectivity index (χ4v) is 18.8. The fourth-order valence-electron chi connectivity index (χ4n) is 14.1. The van der Waals surface area contributed by atoms with Crippen LogP contribution in [-0.2, 0) is 59.6 Å². The number of ether oxygens (including phenoxy) is 2. The van der Waals surface area contributed by atoms with Crippen LogP contribution in [0.3, 0.4) is 0 Å². The van der Waals surface area contributed by atoms with Crippen molar-refractivity contribution in [2.75, 3.05) is 13.2 Å². The van der Waals surface area contributed by atoms with E-state index in [-0.39, 0.29) is 84.4 Å². The van der Waals surface area contributed by atoms with Crippen molar-refractivity contribution in [1.29, 1.82) is 0 Å². The van der Waals surface area contributed by atoms with Gasteiger partial charge < -0.3 is 42.6 Å². The SMILES string of the molecule is C.O=C(OCC12CC3CC(CC(O)(C3)C1)C2)C(F)(F)SOO[O-].O=C(OCC12CC3CC(CC(O)(C3)C1)C2)C(F)(F)SOO[O-].[B][B].[Cl-].[Na+].c1ccc([S+](c2ccccc2)c2ccccc2)cc1.c1ccc([S+](c2ccccc2)c2ccccc2)cc1. The van der Waals surface area contributed by atoms with E-state index in [1.165, 1.54) is 29.4 Å². The predicted molar refractivity (Wildman–Crippen MR) is 317 cm³/mol. The van der Waals surface area contributed by atoms with Crippen LogP contribution in [0.25, 0.3) is 0 Å². The quantitative estimate of drug-likeness (QED) is 0.0192. The Morgan fingerprint density at radius 1 is 0.471 bits per heavy atom. The zero-order valence-corrected chi connectivity index (χ0v) is 53.2. The zero-order valence-electron chi connectivity index (χ0n) is 47.2. The minimum Gasteiger partial charge on any atom is -1.00 e. The number of hydrogen-bond acceptors (Lipinski definition) is 14. The Hall–Kier alpha value is -3.52. The molecule has 87 heavy (non-hydrogen) atoms. The minimum absolute atomic E-state index is 0. The Kier molecular flexibility index (Phi) is 29.2. The van der Waals surface area contributed by atoms with E-state index in [9.17, 15) is 47.9 Å². The summed E-state index contributed by atoms with van der Waals surface area (Å²) in [6.07, 6.45) is 9.24. The monoisotopic (exact) mass is 1300 g/mol. The van der Waals surface area contributed by atoms with Crippen molar-refractivity contribution in [3.63, 3.8) is 0 Å². The van der Waals surface area contributed by atoms with Gasteiger partial charge in [0, 0.05) is 26.3 Å². The molecule has 8 aliphatic rings. The Labute approximate surface area is 552 Å². The maximum absolute atomic E-state index is 13.3. The molecule has 0 heterocycles. The van der Waals surface area contributed by atoms with Crippen molar-refractivity contribution in [2.45, 2.75) is 136 Å². The van der Waals surface area contributed by atoms with Gasteiger partial charge in [0.25, 0.3) is 0 Å². The molecule has 8 bridgehead atoms. The number of esters is 2. The van der Waals surface area contributed by atoms with Crippen LogP contribution in [0.1, 0.15) is 84.5 Å². The second-order valence-corrected chi connectivity index (χ2v) is 28.2. The van der Waals surface area contributed by atoms with Gasteiger partial charge in [-0.2, -0.15) is 26.2 Å². The molecular formula is C63H68B2ClF4NaO12S4. The first-order valence-corrected chi connectivity index (χ1v) is 31.3. The molecule has 4 atom stereocenters. The third-order valence-electron chi connectivity index (χ3n) is 16.0. The molecule has 4 unspecified atom stereocenters. The third-order valence-corrected chi connectivity index (χ3v) is 21.5. The van der Waals surface area contributed by atoms with Crippen LogP contribution in [0.4, 0.5) is 17.6 Å². The largest absolute Gasteiger partial charge is 1.00 e. The van der Waals surface area contributed by atoms with Crippen molar-refractivity contribution in [3.8, 4) is 0 Å². The molecule has 14 rings (SSSR count). The van der Waals surface area contributed by atoms with Crippen LogP contribution in [0.5, 0.6) is 0 Å². The van der Waals surface area contributed by atoms with Crippen molar-refractivity contribution < 1.29 is 118 Å². The van der Waals surface area contributed by atoms with Gasteiger partial charge in [-0.15, -0.1) is 0 Å². The van der Waals surface area contributed by atoms with Crippen LogP contribution in [0.15, 0.2) is 211 Å². The normalized spacial score (nSPS) is 24.9. The number of halogens is 5. The van der Waals surface area contributed by atoms with Gasteiger partial charge in [-0.05, 0) is 174 Å². The van der Waals surface area contributed by atoms with Gasteiger partial charge in [-0.3, -0.25) is 10.1 Å². The van der Waals surface area contributed by atoms with E-state index < -0.39 is 68.6 Å². The van der Waals surface area contributed by atoms with E-state index in [1.54, 1.807) is 0 Å². The maximum atomic E-state index is 13.3. The van der Waals surface area contributed by atoms with Gasteiger partial charge in [0.1, 0.15) is 24.1 Å². The summed E-state index contributed by atoms with van der Waals surface area (Å²) in [7, 11) is 7.97. The molecule has 6 aromatic rings. The molecule has 0 aromatic heterocycles. The van der Waals surface area contributed by atoms with Gasteiger partial charge in [-0.1, -0.05) is 117 Å². The van der Waals surface area contributed by atoms with E-state index in [0.717, 1.165) is 64.2 Å². The van der Waals surface area contributed by atoms with E-state index in [1.807, 2.05) is 0 Å². The number of carbonyl (C=O) groups excluding carboxylic acids is 2. The van der Waals surface area contributed by atoms with Crippen molar-refractivity contribution in [3.05, 3.63) is 182 Å². The van der Waals surface area contributed by atoms with Crippen LogP contribution < -0.4 is 52.5 Å². The molecular weight excluding hydrogens is 1230 g/mol. The Bertz CT molecular complexity index is 2580. The van der Waals surface area contributed by atoms with Crippen LogP contribution in [0.2, 0.25) is 0 Å². The summed E-state index contributed by atoms with van der Waals surface area (Å²) >= 11 is -1.38. The Morgan fingerprint density at radius 2 is 0.690 bits per heavy atom. The van der Waals surface area contributed by atoms with E-state index in [0.29, 0.717) is 36.5 Å². The van der Waals surface area contributed by atoms with Gasteiger partial charge in [0.2, 0.25) is 0 Å². The molecule has 0 saturated heterocycles. The number of carbonyl (C=O) groups is 2. The predicted octanol–water partition coefficient (Wildman–Crippen LogP) is 6.10. The Balaban J connectivity index is 0.000000207. The molecule has 4 radical (unpaired) electrons. The van der Waals surface area contributed by atoms with E-state index in [4.69, 9.17) is 9.47 Å². The summed E-state index contributed by atoms with van der Waals surface area (Å²) in [5.41, 5.74) is -2.31. The molecule has 24 heteroatoms. The second kappa shape index (κ2) is 34.2. The topological polar surface area (TPSA) is 176 Å². The average molecular weight is 1300 g/mol. The van der Waals surface area contributed by atoms with Crippen LogP contribution >= 0.6 is 24.1 Å². The summed E-state index contributed by atoms with van der Waals surface area (Å²) in [5.74, 6) is -2.04. The van der Waals surface area contributed by atoms with Crippen LogP contribution in [0, 0.1) is 34.5 Å². The van der Waals surface area contributed by atoms with Crippen LogP contribution in [-0.4, -0.2) is 72.6 Å². The number of rotatable bonds is 18. The smallest absolute Gasteiger partial charge is 1.00 e. The van der Waals surface area contributed by atoms with Crippen molar-refractivity contribution in [1.82, 2.24) is 0 Å². The summed E-state index contributed by atoms with van der Waals surface area (Å²) in [4.78, 5) is 31.1. The number of aliphatic hydroxyl groups is 2. The molecule has 12 nitrogen and oxygen atoms in total. The number of alkyl halides is 4. The molecule has 6 aromatic carbocycles. The van der Waals surface area contributed by atoms with Gasteiger partial charge in [-0.25, -0.2) is 9.59 Å². The third kappa shape index (κ3) is 20.2. The summed E-state index contributed by atoms with van der Waals surface area (Å²) in [6, 6.07) is 64.3.